The molecule has 3 heterocycles. The van der Waals surface area contributed by atoms with Crippen LogP contribution in [-0.4, -0.2) is 0 Å². The van der Waals surface area contributed by atoms with Crippen molar-refractivity contribution in [3.05, 3.63) is 447 Å². The molecule has 3 aromatic heterocycles. The molecule has 3 heteroatoms. The van der Waals surface area contributed by atoms with Gasteiger partial charge < -0.3 is 13.3 Å². The zero-order valence-electron chi connectivity index (χ0n) is 76.7. The highest BCUT2D eigenvalue weighted by Gasteiger charge is 2.27. The first-order valence-corrected chi connectivity index (χ1v) is 47.4. The number of furan rings is 3. The molecule has 25 aromatic carbocycles. The number of aryl methyl sites for hydroxylation is 1. The lowest BCUT2D eigenvalue weighted by Gasteiger charge is -2.23. The normalized spacial score (nSPS) is 12.2. The van der Waals surface area contributed by atoms with Gasteiger partial charge in [0, 0.05) is 37.9 Å². The maximum Gasteiger partial charge on any atom is 0.143 e. The van der Waals surface area contributed by atoms with Gasteiger partial charge >= 0.3 is 0 Å². The van der Waals surface area contributed by atoms with Crippen molar-refractivity contribution >= 4 is 174 Å². The first kappa shape index (κ1) is 80.2. The van der Waals surface area contributed by atoms with Crippen LogP contribution in [0.2, 0.25) is 0 Å². The summed E-state index contributed by atoms with van der Waals surface area (Å²) < 4.78 is 18.8. The third kappa shape index (κ3) is 13.2. The van der Waals surface area contributed by atoms with Gasteiger partial charge in [-0.3, -0.25) is 0 Å². The average molecular weight is 1740 g/mol. The maximum absolute atomic E-state index is 6.35. The van der Waals surface area contributed by atoms with Gasteiger partial charge in [0.25, 0.3) is 0 Å². The van der Waals surface area contributed by atoms with Crippen molar-refractivity contribution in [3.63, 3.8) is 0 Å². The van der Waals surface area contributed by atoms with E-state index in [2.05, 4.69) is 443 Å². The summed E-state index contributed by atoms with van der Waals surface area (Å²) in [4.78, 5) is 0. The zero-order chi connectivity index (χ0) is 90.9. The lowest BCUT2D eigenvalue weighted by Crippen LogP contribution is -2.10. The van der Waals surface area contributed by atoms with Crippen molar-refractivity contribution in [3.8, 4) is 100 Å². The van der Waals surface area contributed by atoms with Crippen molar-refractivity contribution in [1.82, 2.24) is 0 Å². The second-order valence-electron chi connectivity index (χ2n) is 39.3. The fourth-order valence-corrected chi connectivity index (χ4v) is 22.2. The molecule has 0 aliphatic heterocycles. The molecule has 0 radical (unpaired) electrons. The summed E-state index contributed by atoms with van der Waals surface area (Å²) in [6.07, 6.45) is 0. The molecule has 28 rings (SSSR count). The van der Waals surface area contributed by atoms with E-state index >= 15 is 0 Å². The van der Waals surface area contributed by atoms with E-state index in [-0.39, 0.29) is 10.8 Å². The van der Waals surface area contributed by atoms with Gasteiger partial charge in [-0.2, -0.15) is 0 Å². The van der Waals surface area contributed by atoms with Crippen LogP contribution < -0.4 is 0 Å². The van der Waals surface area contributed by atoms with Gasteiger partial charge in [0.15, 0.2) is 0 Å². The monoisotopic (exact) mass is 1740 g/mol. The number of para-hydroxylation sites is 4. The quantitative estimate of drug-likeness (QED) is 0.135. The minimum Gasteiger partial charge on any atom is -0.456 e. The van der Waals surface area contributed by atoms with E-state index in [0.717, 1.165) is 82.5 Å². The molecule has 0 saturated heterocycles. The van der Waals surface area contributed by atoms with Crippen LogP contribution in [0.4, 0.5) is 0 Å². The molecule has 0 aliphatic rings. The number of rotatable bonds is 9. The molecule has 0 saturated carbocycles. The van der Waals surface area contributed by atoms with E-state index < -0.39 is 0 Å². The Morgan fingerprint density at radius 3 is 0.985 bits per heavy atom. The van der Waals surface area contributed by atoms with Crippen molar-refractivity contribution in [2.75, 3.05) is 0 Å². The molecule has 0 fully saturated rings. The average Bonchev–Trinajstić information content (AvgIpc) is 0.809. The Morgan fingerprint density at radius 1 is 0.154 bits per heavy atom. The summed E-state index contributed by atoms with van der Waals surface area (Å²) in [6, 6.07) is 158. The smallest absolute Gasteiger partial charge is 0.143 e. The van der Waals surface area contributed by atoms with Gasteiger partial charge in [-0.05, 0) is 298 Å². The molecule has 0 amide bonds. The molecule has 0 unspecified atom stereocenters. The molecule has 0 bridgehead atoms. The SMILES string of the molecule is CC(C)(C)c1cc2ccc3c(-c4ccccc4)cc(-c4ccccc4-c4ccc5c(c4)oc4ccccc45)c4ccc(c1)c2c34.CC(C)(C)c1cc2ccc3c(-c4ccccc4)cc(-c4ccccc4-c4ccc5oc6ccccc6c5c4)c4ccc(c1)c2c34.Cc1ccc(-c2ccc3ccc4c(-c5ccc6cc(-c7cccc8c7oc7ccccc78)ccc6c5)ccc5ccc2c3c54)cc1. The van der Waals surface area contributed by atoms with Crippen LogP contribution >= 0.6 is 0 Å². The van der Waals surface area contributed by atoms with Gasteiger partial charge in [-0.1, -0.05) is 411 Å². The Balaban J connectivity index is 0.000000106. The first-order valence-electron chi connectivity index (χ1n) is 47.4. The van der Waals surface area contributed by atoms with Crippen molar-refractivity contribution < 1.29 is 13.3 Å². The van der Waals surface area contributed by atoms with E-state index in [9.17, 15) is 0 Å². The Bertz CT molecular complexity index is 9640. The van der Waals surface area contributed by atoms with E-state index in [0.29, 0.717) is 0 Å². The second-order valence-corrected chi connectivity index (χ2v) is 39.3. The largest absolute Gasteiger partial charge is 0.456 e. The Hall–Kier alpha value is -16.7. The molecular weight excluding hydrogens is 1650 g/mol. The van der Waals surface area contributed by atoms with Crippen LogP contribution in [0.3, 0.4) is 0 Å². The van der Waals surface area contributed by atoms with Crippen LogP contribution in [0.1, 0.15) is 58.2 Å². The summed E-state index contributed by atoms with van der Waals surface area (Å²) in [5.41, 5.74) is 31.7. The molecule has 0 atom stereocenters. The maximum atomic E-state index is 6.35. The Morgan fingerprint density at radius 2 is 0.478 bits per heavy atom. The predicted molar refractivity (Wildman–Crippen MR) is 581 cm³/mol. The fourth-order valence-electron chi connectivity index (χ4n) is 22.2. The summed E-state index contributed by atoms with van der Waals surface area (Å²) in [6.45, 7) is 15.9. The minimum absolute atomic E-state index is 0.0741. The number of hydrogen-bond acceptors (Lipinski definition) is 3. The summed E-state index contributed by atoms with van der Waals surface area (Å²) >= 11 is 0. The standard InChI is InChI=1S/C45H28O.2C44H32O/c1-27-9-11-28(12-10-27)35-21-17-29-20-24-40-36(22-18-30-19-23-39(35)43(29)44(30)40)33-15-13-32-26-34(16-14-31(32)25-33)37-6-4-7-41-38-5-2-3-8-42(38)46-45(37)41;1-44(2,3)31-23-29-17-20-35-37(27-11-5-4-6-12-27)26-38(36-21-18-30(24-31)42(29)43(35)36)33-14-8-7-13-32(33)28-19-22-41-39(25-28)34-15-9-10-16-40(34)45-41;1-44(2,3)31-23-29-18-21-36-38(27-11-5-4-6-12-27)26-39(37-22-19-30(24-31)42(29)43(36)37)33-14-8-7-13-32(33)28-17-20-35-34-15-9-10-16-40(34)45-41(35)25-28/h2-26H,1H3;2*4-26H,1-3H3. The van der Waals surface area contributed by atoms with Crippen LogP contribution in [0, 0.1) is 6.92 Å². The number of fused-ring (bicyclic) bond motifs is 10. The van der Waals surface area contributed by atoms with Gasteiger partial charge in [0.05, 0.1) is 0 Å². The molecule has 136 heavy (non-hydrogen) atoms. The molecule has 642 valence electrons. The predicted octanol–water partition coefficient (Wildman–Crippen LogP) is 38.5. The lowest BCUT2D eigenvalue weighted by molar-refractivity contribution is 0.591. The molecule has 3 nitrogen and oxygen atoms in total. The van der Waals surface area contributed by atoms with Crippen LogP contribution in [0.25, 0.3) is 274 Å². The third-order valence-corrected chi connectivity index (χ3v) is 29.0. The Labute approximate surface area is 788 Å². The second kappa shape index (κ2) is 31.2. The van der Waals surface area contributed by atoms with E-state index in [4.69, 9.17) is 13.3 Å². The van der Waals surface area contributed by atoms with Gasteiger partial charge in [0.1, 0.15) is 33.5 Å². The third-order valence-electron chi connectivity index (χ3n) is 29.0. The summed E-state index contributed by atoms with van der Waals surface area (Å²) in [7, 11) is 0. The highest BCUT2D eigenvalue weighted by molar-refractivity contribution is 6.32. The highest BCUT2D eigenvalue weighted by Crippen LogP contribution is 2.53. The molecule has 28 aromatic rings. The topological polar surface area (TPSA) is 39.4 Å². The molecule has 0 aliphatic carbocycles. The van der Waals surface area contributed by atoms with Crippen LogP contribution in [0.5, 0.6) is 0 Å². The number of benzene rings is 25. The van der Waals surface area contributed by atoms with Crippen LogP contribution in [-0.2, 0) is 10.8 Å². The number of hydrogen-bond donors (Lipinski definition) is 0. The van der Waals surface area contributed by atoms with Crippen molar-refractivity contribution in [1.29, 1.82) is 0 Å². The first-order chi connectivity index (χ1) is 66.6. The molecule has 0 spiro atoms. The molecular formula is C133H92O3. The van der Waals surface area contributed by atoms with Crippen LogP contribution in [0.15, 0.2) is 444 Å². The minimum atomic E-state index is 0.0741. The van der Waals surface area contributed by atoms with E-state index in [1.807, 2.05) is 36.4 Å². The zero-order valence-corrected chi connectivity index (χ0v) is 76.7. The fraction of sp³-hybridized carbons (Fsp3) is 0.0677. The van der Waals surface area contributed by atoms with Crippen molar-refractivity contribution in [2.24, 2.45) is 0 Å². The van der Waals surface area contributed by atoms with Gasteiger partial charge in [0.2, 0.25) is 0 Å². The molecule has 0 N–H and O–H groups in total. The Kier molecular flexibility index (Phi) is 18.4. The van der Waals surface area contributed by atoms with Crippen molar-refractivity contribution in [2.45, 2.75) is 59.3 Å². The van der Waals surface area contributed by atoms with Gasteiger partial charge in [-0.25, -0.2) is 0 Å². The van der Waals surface area contributed by atoms with E-state index in [1.165, 1.54) is 208 Å². The highest BCUT2D eigenvalue weighted by atomic mass is 16.3. The van der Waals surface area contributed by atoms with E-state index in [1.54, 1.807) is 0 Å². The lowest BCUT2D eigenvalue weighted by atomic mass is 9.81. The summed E-state index contributed by atoms with van der Waals surface area (Å²) in [5, 5.41) is 33.0. The summed E-state index contributed by atoms with van der Waals surface area (Å²) in [5.74, 6) is 0. The van der Waals surface area contributed by atoms with Gasteiger partial charge in [-0.15, -0.1) is 0 Å².